The van der Waals surface area contributed by atoms with Crippen molar-refractivity contribution in [2.45, 2.75) is 18.0 Å². The van der Waals surface area contributed by atoms with Gasteiger partial charge in [0, 0.05) is 17.5 Å². The lowest BCUT2D eigenvalue weighted by Crippen LogP contribution is -2.37. The van der Waals surface area contributed by atoms with Crippen molar-refractivity contribution in [3.05, 3.63) is 70.2 Å². The van der Waals surface area contributed by atoms with Crippen LogP contribution in [-0.2, 0) is 6.54 Å². The van der Waals surface area contributed by atoms with Gasteiger partial charge < -0.3 is 0 Å². The molecule has 0 fully saturated rings. The zero-order valence-electron chi connectivity index (χ0n) is 10.7. The molecule has 98 valence electrons. The van der Waals surface area contributed by atoms with Crippen molar-refractivity contribution in [3.63, 3.8) is 0 Å². The number of halogens is 2. The molecule has 3 rings (SSSR count). The monoisotopic (exact) mass is 291 g/mol. The minimum atomic E-state index is -0.0478. The summed E-state index contributed by atoms with van der Waals surface area (Å²) in [4.78, 5) is 2.18. The molecule has 0 aromatic heterocycles. The first-order valence-electron chi connectivity index (χ1n) is 6.34. The van der Waals surface area contributed by atoms with E-state index >= 15 is 0 Å². The van der Waals surface area contributed by atoms with Crippen molar-refractivity contribution in [1.29, 1.82) is 0 Å². The SMILES string of the molecule is CN1Cc2ccccc2C(c2cccc(Cl)c2)C1Cl. The molecule has 1 aliphatic heterocycles. The maximum atomic E-state index is 6.63. The van der Waals surface area contributed by atoms with Crippen molar-refractivity contribution in [2.75, 3.05) is 7.05 Å². The summed E-state index contributed by atoms with van der Waals surface area (Å²) in [6, 6.07) is 16.5. The lowest BCUT2D eigenvalue weighted by Gasteiger charge is -2.37. The van der Waals surface area contributed by atoms with Gasteiger partial charge in [-0.25, -0.2) is 0 Å². The van der Waals surface area contributed by atoms with E-state index in [1.165, 1.54) is 16.7 Å². The largest absolute Gasteiger partial charge is 0.285 e. The van der Waals surface area contributed by atoms with E-state index < -0.39 is 0 Å². The average Bonchev–Trinajstić information content (AvgIpc) is 2.40. The van der Waals surface area contributed by atoms with Crippen molar-refractivity contribution in [2.24, 2.45) is 0 Å². The Labute approximate surface area is 123 Å². The molecule has 1 aliphatic rings. The van der Waals surface area contributed by atoms with Crippen LogP contribution in [0.1, 0.15) is 22.6 Å². The van der Waals surface area contributed by atoms with Gasteiger partial charge in [0.15, 0.2) is 0 Å². The highest BCUT2D eigenvalue weighted by Gasteiger charge is 2.32. The van der Waals surface area contributed by atoms with Crippen LogP contribution in [0.3, 0.4) is 0 Å². The number of likely N-dealkylation sites (N-methyl/N-ethyl adjacent to an activating group) is 1. The lowest BCUT2D eigenvalue weighted by molar-refractivity contribution is 0.262. The molecule has 3 heteroatoms. The summed E-state index contributed by atoms with van der Waals surface area (Å²) in [5.74, 6) is 0.162. The molecule has 0 bridgehead atoms. The van der Waals surface area contributed by atoms with Gasteiger partial charge in [-0.3, -0.25) is 4.90 Å². The number of fused-ring (bicyclic) bond motifs is 1. The fourth-order valence-electron chi connectivity index (χ4n) is 2.78. The molecule has 0 N–H and O–H groups in total. The fraction of sp³-hybridized carbons (Fsp3) is 0.250. The molecule has 1 heterocycles. The minimum Gasteiger partial charge on any atom is -0.285 e. The first-order chi connectivity index (χ1) is 9.16. The Hall–Kier alpha value is -1.02. The fourth-order valence-corrected chi connectivity index (χ4v) is 3.33. The standard InChI is InChI=1S/C16H15Cl2N/c1-19-10-12-5-2-3-8-14(12)15(16(19)18)11-6-4-7-13(17)9-11/h2-9,15-16H,10H2,1H3. The Morgan fingerprint density at radius 2 is 1.89 bits per heavy atom. The van der Waals surface area contributed by atoms with Crippen LogP contribution in [0.2, 0.25) is 5.02 Å². The van der Waals surface area contributed by atoms with E-state index in [1.807, 2.05) is 18.2 Å². The first kappa shape index (κ1) is 13.0. The summed E-state index contributed by atoms with van der Waals surface area (Å²) in [6.07, 6.45) is 0. The molecular weight excluding hydrogens is 277 g/mol. The lowest BCUT2D eigenvalue weighted by atomic mass is 9.84. The van der Waals surface area contributed by atoms with Gasteiger partial charge in [0.1, 0.15) is 0 Å². The van der Waals surface area contributed by atoms with E-state index in [-0.39, 0.29) is 11.4 Å². The zero-order valence-corrected chi connectivity index (χ0v) is 12.2. The number of hydrogen-bond donors (Lipinski definition) is 0. The first-order valence-corrected chi connectivity index (χ1v) is 7.16. The van der Waals surface area contributed by atoms with Crippen LogP contribution in [0.4, 0.5) is 0 Å². The zero-order chi connectivity index (χ0) is 13.4. The number of benzene rings is 2. The highest BCUT2D eigenvalue weighted by atomic mass is 35.5. The second-order valence-electron chi connectivity index (χ2n) is 5.02. The summed E-state index contributed by atoms with van der Waals surface area (Å²) in [6.45, 7) is 0.890. The third-order valence-corrected chi connectivity index (χ3v) is 4.53. The van der Waals surface area contributed by atoms with Crippen LogP contribution in [0, 0.1) is 0 Å². The molecule has 19 heavy (non-hydrogen) atoms. The number of rotatable bonds is 1. The van der Waals surface area contributed by atoms with E-state index in [4.69, 9.17) is 23.2 Å². The van der Waals surface area contributed by atoms with E-state index in [1.54, 1.807) is 0 Å². The van der Waals surface area contributed by atoms with Crippen LogP contribution in [0.5, 0.6) is 0 Å². The molecule has 0 amide bonds. The predicted octanol–water partition coefficient (Wildman–Crippen LogP) is 4.48. The Morgan fingerprint density at radius 1 is 1.11 bits per heavy atom. The van der Waals surface area contributed by atoms with Gasteiger partial charge in [-0.15, -0.1) is 11.6 Å². The van der Waals surface area contributed by atoms with Gasteiger partial charge in [-0.2, -0.15) is 0 Å². The van der Waals surface area contributed by atoms with E-state index in [2.05, 4.69) is 42.3 Å². The molecule has 0 saturated carbocycles. The third-order valence-electron chi connectivity index (χ3n) is 3.71. The summed E-state index contributed by atoms with van der Waals surface area (Å²) < 4.78 is 0. The Kier molecular flexibility index (Phi) is 3.53. The Balaban J connectivity index is 2.13. The van der Waals surface area contributed by atoms with E-state index in [9.17, 15) is 0 Å². The van der Waals surface area contributed by atoms with E-state index in [0.717, 1.165) is 11.6 Å². The maximum Gasteiger partial charge on any atom is 0.0961 e. The highest BCUT2D eigenvalue weighted by molar-refractivity contribution is 6.30. The van der Waals surface area contributed by atoms with Gasteiger partial charge in [-0.05, 0) is 35.9 Å². The third kappa shape index (κ3) is 2.38. The van der Waals surface area contributed by atoms with Gasteiger partial charge in [-0.1, -0.05) is 48.0 Å². The van der Waals surface area contributed by atoms with E-state index in [0.29, 0.717) is 0 Å². The molecule has 2 unspecified atom stereocenters. The number of alkyl halides is 1. The predicted molar refractivity (Wildman–Crippen MR) is 80.8 cm³/mol. The molecule has 0 aliphatic carbocycles. The number of nitrogens with zero attached hydrogens (tertiary/aromatic N) is 1. The molecule has 0 saturated heterocycles. The second kappa shape index (κ2) is 5.16. The number of hydrogen-bond acceptors (Lipinski definition) is 1. The summed E-state index contributed by atoms with van der Waals surface area (Å²) in [7, 11) is 2.06. The van der Waals surface area contributed by atoms with Crippen LogP contribution in [0.15, 0.2) is 48.5 Å². The maximum absolute atomic E-state index is 6.63. The smallest absolute Gasteiger partial charge is 0.0961 e. The normalized spacial score (nSPS) is 23.1. The van der Waals surface area contributed by atoms with Crippen LogP contribution >= 0.6 is 23.2 Å². The Morgan fingerprint density at radius 3 is 2.68 bits per heavy atom. The summed E-state index contributed by atoms with van der Waals surface area (Å²) in [5.41, 5.74) is 3.77. The van der Waals surface area contributed by atoms with Crippen molar-refractivity contribution < 1.29 is 0 Å². The molecule has 0 radical (unpaired) electrons. The van der Waals surface area contributed by atoms with Crippen molar-refractivity contribution in [1.82, 2.24) is 4.90 Å². The molecule has 0 spiro atoms. The van der Waals surface area contributed by atoms with Gasteiger partial charge >= 0.3 is 0 Å². The quantitative estimate of drug-likeness (QED) is 0.553. The summed E-state index contributed by atoms with van der Waals surface area (Å²) >= 11 is 12.7. The minimum absolute atomic E-state index is 0.0478. The van der Waals surface area contributed by atoms with Crippen molar-refractivity contribution >= 4 is 23.2 Å². The average molecular weight is 292 g/mol. The molecule has 2 atom stereocenters. The van der Waals surface area contributed by atoms with Gasteiger partial charge in [0.05, 0.1) is 5.50 Å². The Bertz CT molecular complexity index is 597. The molecule has 2 aromatic rings. The molecule has 2 aromatic carbocycles. The van der Waals surface area contributed by atoms with Crippen molar-refractivity contribution in [3.8, 4) is 0 Å². The van der Waals surface area contributed by atoms with Gasteiger partial charge in [0.2, 0.25) is 0 Å². The van der Waals surface area contributed by atoms with Crippen LogP contribution in [-0.4, -0.2) is 17.4 Å². The highest BCUT2D eigenvalue weighted by Crippen LogP contribution is 2.39. The molecule has 1 nitrogen and oxygen atoms in total. The second-order valence-corrected chi connectivity index (χ2v) is 5.90. The van der Waals surface area contributed by atoms with Gasteiger partial charge in [0.25, 0.3) is 0 Å². The summed E-state index contributed by atoms with van der Waals surface area (Å²) in [5, 5.41) is 0.757. The topological polar surface area (TPSA) is 3.24 Å². The molecular formula is C16H15Cl2N. The van der Waals surface area contributed by atoms with Crippen LogP contribution < -0.4 is 0 Å². The van der Waals surface area contributed by atoms with Crippen LogP contribution in [0.25, 0.3) is 0 Å².